The molecule has 0 bridgehead atoms. The minimum atomic E-state index is -0.119. The highest BCUT2D eigenvalue weighted by Crippen LogP contribution is 2.47. The van der Waals surface area contributed by atoms with Gasteiger partial charge in [-0.15, -0.1) is 0 Å². The smallest absolute Gasteiger partial charge is 0.244 e. The van der Waals surface area contributed by atoms with Gasteiger partial charge in [-0.25, -0.2) is 0 Å². The third kappa shape index (κ3) is 4.34. The third-order valence-corrected chi connectivity index (χ3v) is 6.28. The molecule has 1 amide bonds. The monoisotopic (exact) mass is 399 g/mol. The summed E-state index contributed by atoms with van der Waals surface area (Å²) in [4.78, 5) is 12.4. The van der Waals surface area contributed by atoms with Gasteiger partial charge >= 0.3 is 0 Å². The molecular weight excluding hydrogens is 374 g/mol. The molecule has 2 atom stereocenters. The first-order chi connectivity index (χ1) is 13.6. The topological polar surface area (TPSA) is 51.5 Å². The van der Waals surface area contributed by atoms with Crippen LogP contribution in [-0.4, -0.2) is 25.7 Å². The number of ether oxygens (including phenoxy) is 1. The Bertz CT molecular complexity index is 849. The third-order valence-electron chi connectivity index (χ3n) is 6.03. The molecule has 2 aliphatic rings. The SMILES string of the molecule is CC1CC1c1ccc(/C=C/C(=O)NCC2(c3ccc(Cl)cc3)CCOCC2)o1. The molecule has 2 heterocycles. The van der Waals surface area contributed by atoms with Crippen LogP contribution in [0.2, 0.25) is 5.02 Å². The maximum absolute atomic E-state index is 12.4. The van der Waals surface area contributed by atoms with Gasteiger partial charge in [-0.05, 0) is 61.1 Å². The molecule has 0 spiro atoms. The number of hydrogen-bond acceptors (Lipinski definition) is 3. The summed E-state index contributed by atoms with van der Waals surface area (Å²) in [6, 6.07) is 11.9. The number of furan rings is 1. The molecule has 1 saturated heterocycles. The van der Waals surface area contributed by atoms with Gasteiger partial charge in [0.15, 0.2) is 0 Å². The summed E-state index contributed by atoms with van der Waals surface area (Å²) in [5, 5.41) is 3.79. The first kappa shape index (κ1) is 19.3. The fourth-order valence-corrected chi connectivity index (χ4v) is 4.11. The summed E-state index contributed by atoms with van der Waals surface area (Å²) in [7, 11) is 0. The number of carbonyl (C=O) groups is 1. The van der Waals surface area contributed by atoms with Crippen LogP contribution >= 0.6 is 11.6 Å². The van der Waals surface area contributed by atoms with Gasteiger partial charge in [0.1, 0.15) is 11.5 Å². The first-order valence-electron chi connectivity index (χ1n) is 9.95. The molecule has 1 aliphatic heterocycles. The minimum Gasteiger partial charge on any atom is -0.461 e. The molecule has 0 radical (unpaired) electrons. The van der Waals surface area contributed by atoms with Crippen LogP contribution in [0, 0.1) is 5.92 Å². The molecule has 1 aromatic carbocycles. The van der Waals surface area contributed by atoms with Gasteiger partial charge in [0.05, 0.1) is 0 Å². The van der Waals surface area contributed by atoms with Gasteiger partial charge in [-0.3, -0.25) is 4.79 Å². The minimum absolute atomic E-state index is 0.113. The predicted molar refractivity (Wildman–Crippen MR) is 110 cm³/mol. The molecule has 4 rings (SSSR count). The van der Waals surface area contributed by atoms with E-state index in [1.165, 1.54) is 12.0 Å². The van der Waals surface area contributed by atoms with Crippen LogP contribution in [0.1, 0.15) is 49.2 Å². The number of hydrogen-bond donors (Lipinski definition) is 1. The lowest BCUT2D eigenvalue weighted by atomic mass is 9.74. The number of amides is 1. The van der Waals surface area contributed by atoms with Crippen molar-refractivity contribution in [2.45, 2.75) is 37.5 Å². The fourth-order valence-electron chi connectivity index (χ4n) is 3.98. The van der Waals surface area contributed by atoms with E-state index in [-0.39, 0.29) is 11.3 Å². The first-order valence-corrected chi connectivity index (χ1v) is 10.3. The number of benzene rings is 1. The van der Waals surface area contributed by atoms with E-state index in [9.17, 15) is 4.79 Å². The van der Waals surface area contributed by atoms with Crippen molar-refractivity contribution in [3.8, 4) is 0 Å². The summed E-state index contributed by atoms with van der Waals surface area (Å²) < 4.78 is 11.4. The molecule has 148 valence electrons. The van der Waals surface area contributed by atoms with Gasteiger partial charge in [-0.1, -0.05) is 30.7 Å². The Kier molecular flexibility index (Phi) is 5.61. The normalized spacial score (nSPS) is 23.6. The number of rotatable bonds is 6. The number of carbonyl (C=O) groups excluding carboxylic acids is 1. The second-order valence-electron chi connectivity index (χ2n) is 8.01. The van der Waals surface area contributed by atoms with E-state index >= 15 is 0 Å². The fraction of sp³-hybridized carbons (Fsp3) is 0.435. The van der Waals surface area contributed by atoms with Crippen molar-refractivity contribution in [1.29, 1.82) is 0 Å². The lowest BCUT2D eigenvalue weighted by molar-refractivity contribution is -0.116. The van der Waals surface area contributed by atoms with E-state index < -0.39 is 0 Å². The quantitative estimate of drug-likeness (QED) is 0.700. The summed E-state index contributed by atoms with van der Waals surface area (Å²) >= 11 is 6.04. The standard InChI is InChI=1S/C23H26ClNO3/c1-16-14-20(16)21-8-6-19(28-21)7-9-22(26)25-15-23(10-12-27-13-11-23)17-2-4-18(24)5-3-17/h2-9,16,20H,10-15H2,1H3,(H,25,26)/b9-7+. The highest BCUT2D eigenvalue weighted by atomic mass is 35.5. The number of halogens is 1. The van der Waals surface area contributed by atoms with Gasteiger partial charge in [0.2, 0.25) is 5.91 Å². The van der Waals surface area contributed by atoms with Gasteiger partial charge < -0.3 is 14.5 Å². The Morgan fingerprint density at radius 1 is 1.21 bits per heavy atom. The lowest BCUT2D eigenvalue weighted by Gasteiger charge is -2.37. The van der Waals surface area contributed by atoms with Crippen LogP contribution < -0.4 is 5.32 Å². The molecule has 1 aliphatic carbocycles. The van der Waals surface area contributed by atoms with Crippen LogP contribution in [0.5, 0.6) is 0 Å². The van der Waals surface area contributed by atoms with Crippen LogP contribution in [-0.2, 0) is 14.9 Å². The van der Waals surface area contributed by atoms with E-state index in [2.05, 4.69) is 24.4 Å². The summed E-state index contributed by atoms with van der Waals surface area (Å²) in [5.74, 6) is 2.88. The van der Waals surface area contributed by atoms with E-state index in [0.717, 1.165) is 29.4 Å². The van der Waals surface area contributed by atoms with Gasteiger partial charge in [-0.2, -0.15) is 0 Å². The highest BCUT2D eigenvalue weighted by molar-refractivity contribution is 6.30. The van der Waals surface area contributed by atoms with E-state index in [1.807, 2.05) is 24.3 Å². The molecule has 4 nitrogen and oxygen atoms in total. The Morgan fingerprint density at radius 2 is 1.93 bits per heavy atom. The molecule has 2 fully saturated rings. The molecule has 5 heteroatoms. The summed E-state index contributed by atoms with van der Waals surface area (Å²) in [6.07, 6.45) is 6.23. The average Bonchev–Trinajstić information content (AvgIpc) is 3.25. The van der Waals surface area contributed by atoms with E-state index in [1.54, 1.807) is 12.2 Å². The van der Waals surface area contributed by atoms with Crippen molar-refractivity contribution in [2.24, 2.45) is 5.92 Å². The second kappa shape index (κ2) is 8.14. The van der Waals surface area contributed by atoms with E-state index in [4.69, 9.17) is 20.8 Å². The highest BCUT2D eigenvalue weighted by Gasteiger charge is 2.36. The van der Waals surface area contributed by atoms with Crippen molar-refractivity contribution in [3.63, 3.8) is 0 Å². The van der Waals surface area contributed by atoms with Gasteiger partial charge in [0.25, 0.3) is 0 Å². The molecule has 2 aromatic rings. The lowest BCUT2D eigenvalue weighted by Crippen LogP contribution is -2.44. The van der Waals surface area contributed by atoms with Crippen molar-refractivity contribution in [2.75, 3.05) is 19.8 Å². The Balaban J connectivity index is 1.38. The predicted octanol–water partition coefficient (Wildman–Crippen LogP) is 4.93. The van der Waals surface area contributed by atoms with Crippen molar-refractivity contribution in [1.82, 2.24) is 5.32 Å². The second-order valence-corrected chi connectivity index (χ2v) is 8.45. The Labute approximate surface area is 170 Å². The van der Waals surface area contributed by atoms with Crippen LogP contribution in [0.25, 0.3) is 6.08 Å². The molecular formula is C23H26ClNO3. The van der Waals surface area contributed by atoms with Crippen molar-refractivity contribution < 1.29 is 13.9 Å². The summed E-state index contributed by atoms with van der Waals surface area (Å²) in [5.41, 5.74) is 1.07. The molecule has 1 saturated carbocycles. The Hall–Kier alpha value is -2.04. The van der Waals surface area contributed by atoms with Crippen LogP contribution in [0.3, 0.4) is 0 Å². The molecule has 2 unspecified atom stereocenters. The average molecular weight is 400 g/mol. The zero-order valence-electron chi connectivity index (χ0n) is 16.1. The molecule has 28 heavy (non-hydrogen) atoms. The van der Waals surface area contributed by atoms with Crippen molar-refractivity contribution in [3.05, 3.63) is 64.6 Å². The Morgan fingerprint density at radius 3 is 2.61 bits per heavy atom. The van der Waals surface area contributed by atoms with E-state index in [0.29, 0.717) is 31.6 Å². The largest absolute Gasteiger partial charge is 0.461 e. The maximum Gasteiger partial charge on any atom is 0.244 e. The zero-order chi connectivity index (χ0) is 19.6. The summed E-state index contributed by atoms with van der Waals surface area (Å²) in [6.45, 7) is 4.19. The molecule has 1 N–H and O–H groups in total. The van der Waals surface area contributed by atoms with Crippen LogP contribution in [0.15, 0.2) is 46.9 Å². The van der Waals surface area contributed by atoms with Gasteiger partial charge in [0, 0.05) is 42.2 Å². The van der Waals surface area contributed by atoms with Crippen LogP contribution in [0.4, 0.5) is 0 Å². The maximum atomic E-state index is 12.4. The van der Waals surface area contributed by atoms with Crippen molar-refractivity contribution >= 4 is 23.6 Å². The molecule has 1 aromatic heterocycles. The number of nitrogens with one attached hydrogen (secondary N) is 1. The zero-order valence-corrected chi connectivity index (χ0v) is 16.9.